The Balaban J connectivity index is 1.45. The Morgan fingerprint density at radius 1 is 0.969 bits per heavy atom. The van der Waals surface area contributed by atoms with E-state index < -0.39 is 0 Å². The van der Waals surface area contributed by atoms with Crippen molar-refractivity contribution < 1.29 is 9.53 Å². The molecule has 0 aliphatic rings. The molecule has 0 bridgehead atoms. The summed E-state index contributed by atoms with van der Waals surface area (Å²) in [7, 11) is 3.38. The zero-order valence-electron chi connectivity index (χ0n) is 17.7. The molecule has 32 heavy (non-hydrogen) atoms. The number of para-hydroxylation sites is 1. The van der Waals surface area contributed by atoms with Gasteiger partial charge < -0.3 is 14.5 Å². The topological polar surface area (TPSA) is 73.4 Å². The first-order valence-corrected chi connectivity index (χ1v) is 10.2. The fourth-order valence-corrected chi connectivity index (χ4v) is 3.67. The first kappa shape index (κ1) is 19.6. The Morgan fingerprint density at radius 3 is 2.66 bits per heavy atom. The van der Waals surface area contributed by atoms with Crippen molar-refractivity contribution in [1.82, 2.24) is 19.2 Å². The van der Waals surface area contributed by atoms with Crippen LogP contribution in [0.2, 0.25) is 0 Å². The third-order valence-corrected chi connectivity index (χ3v) is 5.29. The Hall–Kier alpha value is -4.39. The van der Waals surface area contributed by atoms with Gasteiger partial charge in [0.25, 0.3) is 5.91 Å². The van der Waals surface area contributed by atoms with E-state index in [9.17, 15) is 4.79 Å². The Labute approximate surface area is 184 Å². The standard InChI is InChI=1S/C25H21N5O2/c1-29-23(15-21(28-29)17-8-7-9-18(14-17)32-2)25(31)27-20-11-4-3-10-19(20)22-16-30-13-6-5-12-24(30)26-22/h3-16H,1-2H3,(H,27,31). The molecule has 0 aliphatic carbocycles. The van der Waals surface area contributed by atoms with Crippen LogP contribution in [0.1, 0.15) is 10.5 Å². The number of imidazole rings is 1. The molecule has 0 unspecified atom stereocenters. The SMILES string of the molecule is COc1cccc(-c2cc(C(=O)Nc3ccccc3-c3cn4ccccc4n3)n(C)n2)c1. The van der Waals surface area contributed by atoms with Crippen LogP contribution in [0.25, 0.3) is 28.2 Å². The zero-order valence-corrected chi connectivity index (χ0v) is 17.7. The van der Waals surface area contributed by atoms with Crippen molar-refractivity contribution in [1.29, 1.82) is 0 Å². The van der Waals surface area contributed by atoms with E-state index in [0.29, 0.717) is 17.1 Å². The van der Waals surface area contributed by atoms with Crippen molar-refractivity contribution in [2.75, 3.05) is 12.4 Å². The molecule has 158 valence electrons. The van der Waals surface area contributed by atoms with Gasteiger partial charge in [0.05, 0.1) is 24.2 Å². The lowest BCUT2D eigenvalue weighted by atomic mass is 10.1. The molecule has 0 saturated heterocycles. The third kappa shape index (κ3) is 3.60. The molecule has 0 fully saturated rings. The van der Waals surface area contributed by atoms with E-state index in [1.165, 1.54) is 0 Å². The molecule has 5 rings (SSSR count). The second-order valence-electron chi connectivity index (χ2n) is 7.36. The number of amides is 1. The van der Waals surface area contributed by atoms with E-state index in [4.69, 9.17) is 4.74 Å². The molecule has 3 aromatic heterocycles. The number of carbonyl (C=O) groups is 1. The number of carbonyl (C=O) groups excluding carboxylic acids is 1. The van der Waals surface area contributed by atoms with Gasteiger partial charge in [-0.2, -0.15) is 5.10 Å². The zero-order chi connectivity index (χ0) is 22.1. The monoisotopic (exact) mass is 423 g/mol. The molecule has 3 heterocycles. The van der Waals surface area contributed by atoms with Crippen molar-refractivity contribution in [3.8, 4) is 28.3 Å². The average Bonchev–Trinajstić information content (AvgIpc) is 3.43. The molecule has 7 nitrogen and oxygen atoms in total. The second kappa shape index (κ2) is 8.03. The molecule has 0 saturated carbocycles. The number of nitrogens with one attached hydrogen (secondary N) is 1. The van der Waals surface area contributed by atoms with Crippen LogP contribution in [0.3, 0.4) is 0 Å². The fraction of sp³-hybridized carbons (Fsp3) is 0.0800. The third-order valence-electron chi connectivity index (χ3n) is 5.29. The predicted molar refractivity (Wildman–Crippen MR) is 124 cm³/mol. The molecular formula is C25H21N5O2. The fourth-order valence-electron chi connectivity index (χ4n) is 3.67. The van der Waals surface area contributed by atoms with Crippen LogP contribution in [0.15, 0.2) is 85.2 Å². The lowest BCUT2D eigenvalue weighted by Crippen LogP contribution is -2.16. The van der Waals surface area contributed by atoms with Gasteiger partial charge in [-0.1, -0.05) is 36.4 Å². The maximum Gasteiger partial charge on any atom is 0.273 e. The highest BCUT2D eigenvalue weighted by atomic mass is 16.5. The van der Waals surface area contributed by atoms with Crippen LogP contribution in [0.4, 0.5) is 5.69 Å². The molecule has 1 amide bonds. The summed E-state index contributed by atoms with van der Waals surface area (Å²) in [4.78, 5) is 17.8. The number of aryl methyl sites for hydroxylation is 1. The molecule has 1 N–H and O–H groups in total. The number of ether oxygens (including phenoxy) is 1. The number of hydrogen-bond acceptors (Lipinski definition) is 4. The average molecular weight is 423 g/mol. The van der Waals surface area contributed by atoms with Crippen LogP contribution in [-0.2, 0) is 7.05 Å². The van der Waals surface area contributed by atoms with Crippen LogP contribution in [0.5, 0.6) is 5.75 Å². The van der Waals surface area contributed by atoms with Gasteiger partial charge in [0.1, 0.15) is 17.1 Å². The first-order chi connectivity index (χ1) is 15.6. The minimum Gasteiger partial charge on any atom is -0.497 e. The van der Waals surface area contributed by atoms with E-state index in [1.54, 1.807) is 24.9 Å². The normalized spacial score (nSPS) is 10.9. The Morgan fingerprint density at radius 2 is 1.81 bits per heavy atom. The quantitative estimate of drug-likeness (QED) is 0.446. The van der Waals surface area contributed by atoms with E-state index in [2.05, 4.69) is 15.4 Å². The maximum atomic E-state index is 13.1. The van der Waals surface area contributed by atoms with Crippen LogP contribution < -0.4 is 10.1 Å². The van der Waals surface area contributed by atoms with Crippen molar-refractivity contribution in [2.45, 2.75) is 0 Å². The summed E-state index contributed by atoms with van der Waals surface area (Å²) < 4.78 is 8.83. The molecule has 0 spiro atoms. The van der Waals surface area contributed by atoms with E-state index in [1.807, 2.05) is 83.5 Å². The molecule has 2 aromatic carbocycles. The number of pyridine rings is 1. The summed E-state index contributed by atoms with van der Waals surface area (Å²) in [6.07, 6.45) is 3.90. The number of nitrogens with zero attached hydrogens (tertiary/aromatic N) is 4. The summed E-state index contributed by atoms with van der Waals surface area (Å²) in [5.74, 6) is 0.492. The van der Waals surface area contributed by atoms with Gasteiger partial charge in [0.2, 0.25) is 0 Å². The number of hydrogen-bond donors (Lipinski definition) is 1. The Bertz CT molecular complexity index is 1400. The van der Waals surface area contributed by atoms with Crippen molar-refractivity contribution in [2.24, 2.45) is 7.05 Å². The number of methoxy groups -OCH3 is 1. The van der Waals surface area contributed by atoms with E-state index >= 15 is 0 Å². The van der Waals surface area contributed by atoms with Crippen molar-refractivity contribution >= 4 is 17.2 Å². The largest absolute Gasteiger partial charge is 0.497 e. The second-order valence-corrected chi connectivity index (χ2v) is 7.36. The molecule has 0 radical (unpaired) electrons. The highest BCUT2D eigenvalue weighted by Gasteiger charge is 2.17. The van der Waals surface area contributed by atoms with Gasteiger partial charge in [0, 0.05) is 30.6 Å². The van der Waals surface area contributed by atoms with E-state index in [0.717, 1.165) is 28.2 Å². The van der Waals surface area contributed by atoms with Crippen LogP contribution >= 0.6 is 0 Å². The van der Waals surface area contributed by atoms with Gasteiger partial charge >= 0.3 is 0 Å². The number of benzene rings is 2. The van der Waals surface area contributed by atoms with Gasteiger partial charge in [-0.25, -0.2) is 4.98 Å². The van der Waals surface area contributed by atoms with Gasteiger partial charge in [-0.3, -0.25) is 9.48 Å². The Kier molecular flexibility index (Phi) is 4.91. The summed E-state index contributed by atoms with van der Waals surface area (Å²) in [5.41, 5.74) is 5.19. The number of rotatable bonds is 5. The lowest BCUT2D eigenvalue weighted by Gasteiger charge is -2.09. The highest BCUT2D eigenvalue weighted by Crippen LogP contribution is 2.28. The van der Waals surface area contributed by atoms with Crippen molar-refractivity contribution in [3.05, 3.63) is 90.9 Å². The number of aromatic nitrogens is 4. The van der Waals surface area contributed by atoms with Gasteiger partial charge in [0.15, 0.2) is 0 Å². The number of anilines is 1. The van der Waals surface area contributed by atoms with Crippen LogP contribution in [0, 0.1) is 0 Å². The smallest absolute Gasteiger partial charge is 0.273 e. The molecule has 5 aromatic rings. The molecule has 7 heteroatoms. The lowest BCUT2D eigenvalue weighted by molar-refractivity contribution is 0.101. The van der Waals surface area contributed by atoms with Crippen LogP contribution in [-0.4, -0.2) is 32.2 Å². The van der Waals surface area contributed by atoms with E-state index in [-0.39, 0.29) is 5.91 Å². The van der Waals surface area contributed by atoms with Gasteiger partial charge in [-0.15, -0.1) is 0 Å². The summed E-state index contributed by atoms with van der Waals surface area (Å²) in [6, 6.07) is 22.9. The molecule has 0 aliphatic heterocycles. The maximum absolute atomic E-state index is 13.1. The first-order valence-electron chi connectivity index (χ1n) is 10.2. The predicted octanol–water partition coefficient (Wildman–Crippen LogP) is 4.66. The summed E-state index contributed by atoms with van der Waals surface area (Å²) >= 11 is 0. The van der Waals surface area contributed by atoms with Crippen molar-refractivity contribution in [3.63, 3.8) is 0 Å². The minimum absolute atomic E-state index is 0.245. The minimum atomic E-state index is -0.245. The molecule has 0 atom stereocenters. The summed E-state index contributed by atoms with van der Waals surface area (Å²) in [5, 5.41) is 7.54. The highest BCUT2D eigenvalue weighted by molar-refractivity contribution is 6.05. The molecular weight excluding hydrogens is 402 g/mol. The summed E-state index contributed by atoms with van der Waals surface area (Å²) in [6.45, 7) is 0. The van der Waals surface area contributed by atoms with Gasteiger partial charge in [-0.05, 0) is 36.4 Å². The number of fused-ring (bicyclic) bond motifs is 1.